The first-order valence-electron chi connectivity index (χ1n) is 5.50. The van der Waals surface area contributed by atoms with Crippen LogP contribution < -0.4 is 0 Å². The molecule has 0 atom stereocenters. The van der Waals surface area contributed by atoms with Crippen LogP contribution in [-0.4, -0.2) is 18.4 Å². The lowest BCUT2D eigenvalue weighted by molar-refractivity contribution is -0.154. The molecule has 0 amide bonds. The van der Waals surface area contributed by atoms with Crippen LogP contribution in [0, 0.1) is 17.8 Å². The number of rotatable bonds is 7. The normalized spacial score (nSPS) is 10.6. The topological polar surface area (TPSA) is 43.4 Å². The van der Waals surface area contributed by atoms with Crippen LogP contribution in [0.3, 0.4) is 0 Å². The van der Waals surface area contributed by atoms with Gasteiger partial charge in [-0.05, 0) is 33.6 Å². The second kappa shape index (κ2) is 7.05. The number of carbonyl (C=O) groups is 2. The molecule has 3 nitrogen and oxygen atoms in total. The van der Waals surface area contributed by atoms with Crippen LogP contribution in [0.5, 0.6) is 0 Å². The molecule has 3 heteroatoms. The van der Waals surface area contributed by atoms with E-state index in [-0.39, 0.29) is 11.8 Å². The maximum atomic E-state index is 11.7. The molecule has 0 aliphatic rings. The summed E-state index contributed by atoms with van der Waals surface area (Å²) in [6.07, 6.45) is 7.32. The lowest BCUT2D eigenvalue weighted by atomic mass is 9.87. The van der Waals surface area contributed by atoms with Gasteiger partial charge in [-0.2, -0.15) is 0 Å². The fourth-order valence-corrected chi connectivity index (χ4v) is 1.13. The van der Waals surface area contributed by atoms with Gasteiger partial charge in [0.15, 0.2) is 0 Å². The van der Waals surface area contributed by atoms with E-state index < -0.39 is 5.41 Å². The maximum Gasteiger partial charge on any atom is 0.311 e. The molecule has 0 aliphatic carbocycles. The second-order valence-electron chi connectivity index (χ2n) is 4.53. The van der Waals surface area contributed by atoms with Gasteiger partial charge in [-0.1, -0.05) is 0 Å². The molecule has 0 saturated heterocycles. The van der Waals surface area contributed by atoms with Gasteiger partial charge in [0.2, 0.25) is 0 Å². The molecule has 16 heavy (non-hydrogen) atoms. The van der Waals surface area contributed by atoms with Crippen LogP contribution in [-0.2, 0) is 14.3 Å². The van der Waals surface area contributed by atoms with Crippen molar-refractivity contribution >= 4 is 11.8 Å². The highest BCUT2D eigenvalue weighted by Gasteiger charge is 2.29. The fourth-order valence-electron chi connectivity index (χ4n) is 1.13. The zero-order valence-corrected chi connectivity index (χ0v) is 10.3. The van der Waals surface area contributed by atoms with Gasteiger partial charge in [0, 0.05) is 12.8 Å². The van der Waals surface area contributed by atoms with Crippen molar-refractivity contribution in [3.05, 3.63) is 0 Å². The second-order valence-corrected chi connectivity index (χ2v) is 4.53. The standard InChI is InChI=1S/C13H20O3/c1-5-6-7-10-16-12(15)13(3,4)9-8-11(2)14/h1H,6-10H2,2-4H3. The summed E-state index contributed by atoms with van der Waals surface area (Å²) in [6, 6.07) is 0. The summed E-state index contributed by atoms with van der Waals surface area (Å²) in [5.41, 5.74) is -0.595. The smallest absolute Gasteiger partial charge is 0.311 e. The van der Waals surface area contributed by atoms with Crippen molar-refractivity contribution in [2.45, 2.75) is 46.5 Å². The molecular weight excluding hydrogens is 204 g/mol. The van der Waals surface area contributed by atoms with Crippen LogP contribution in [0.1, 0.15) is 46.5 Å². The molecule has 0 unspecified atom stereocenters. The summed E-state index contributed by atoms with van der Waals surface area (Å²) < 4.78 is 5.10. The Morgan fingerprint density at radius 3 is 2.50 bits per heavy atom. The van der Waals surface area contributed by atoms with Crippen LogP contribution in [0.25, 0.3) is 0 Å². The summed E-state index contributed by atoms with van der Waals surface area (Å²) in [7, 11) is 0. The van der Waals surface area contributed by atoms with Crippen molar-refractivity contribution in [1.82, 2.24) is 0 Å². The first kappa shape index (κ1) is 14.7. The van der Waals surface area contributed by atoms with Crippen molar-refractivity contribution in [2.75, 3.05) is 6.61 Å². The number of terminal acetylenes is 1. The van der Waals surface area contributed by atoms with Crippen molar-refractivity contribution < 1.29 is 14.3 Å². The highest BCUT2D eigenvalue weighted by molar-refractivity contribution is 5.79. The Morgan fingerprint density at radius 2 is 2.00 bits per heavy atom. The average Bonchev–Trinajstić information content (AvgIpc) is 2.21. The Balaban J connectivity index is 3.95. The summed E-state index contributed by atoms with van der Waals surface area (Å²) in [4.78, 5) is 22.5. The van der Waals surface area contributed by atoms with E-state index in [4.69, 9.17) is 11.2 Å². The van der Waals surface area contributed by atoms with Crippen LogP contribution in [0.15, 0.2) is 0 Å². The molecule has 0 heterocycles. The van der Waals surface area contributed by atoms with Crippen LogP contribution >= 0.6 is 0 Å². The third-order valence-electron chi connectivity index (χ3n) is 2.35. The monoisotopic (exact) mass is 224 g/mol. The van der Waals surface area contributed by atoms with Gasteiger partial charge in [-0.15, -0.1) is 12.3 Å². The van der Waals surface area contributed by atoms with Gasteiger partial charge in [-0.25, -0.2) is 0 Å². The SMILES string of the molecule is C#CCCCOC(=O)C(C)(C)CCC(C)=O. The number of unbranched alkanes of at least 4 members (excludes halogenated alkanes) is 1. The molecule has 0 spiro atoms. The van der Waals surface area contributed by atoms with Gasteiger partial charge in [0.25, 0.3) is 0 Å². The Kier molecular flexibility index (Phi) is 6.48. The Morgan fingerprint density at radius 1 is 1.38 bits per heavy atom. The van der Waals surface area contributed by atoms with Gasteiger partial charge >= 0.3 is 5.97 Å². The van der Waals surface area contributed by atoms with Crippen molar-refractivity contribution in [1.29, 1.82) is 0 Å². The number of hydrogen-bond acceptors (Lipinski definition) is 3. The number of esters is 1. The molecular formula is C13H20O3. The van der Waals surface area contributed by atoms with Crippen LogP contribution in [0.2, 0.25) is 0 Å². The first-order chi connectivity index (χ1) is 7.40. The van der Waals surface area contributed by atoms with Gasteiger partial charge in [0.1, 0.15) is 5.78 Å². The Labute approximate surface area is 97.6 Å². The molecule has 0 N–H and O–H groups in total. The van der Waals surface area contributed by atoms with E-state index in [1.807, 2.05) is 0 Å². The highest BCUT2D eigenvalue weighted by Crippen LogP contribution is 2.24. The number of ether oxygens (including phenoxy) is 1. The zero-order chi connectivity index (χ0) is 12.6. The van der Waals surface area contributed by atoms with E-state index in [0.29, 0.717) is 32.3 Å². The first-order valence-corrected chi connectivity index (χ1v) is 5.50. The lowest BCUT2D eigenvalue weighted by Crippen LogP contribution is -2.27. The Hall–Kier alpha value is -1.30. The predicted molar refractivity (Wildman–Crippen MR) is 62.7 cm³/mol. The van der Waals surface area contributed by atoms with Crippen LogP contribution in [0.4, 0.5) is 0 Å². The van der Waals surface area contributed by atoms with Crippen molar-refractivity contribution in [3.8, 4) is 12.3 Å². The molecule has 0 radical (unpaired) electrons. The van der Waals surface area contributed by atoms with Gasteiger partial charge in [-0.3, -0.25) is 4.79 Å². The minimum atomic E-state index is -0.595. The van der Waals surface area contributed by atoms with Gasteiger partial charge in [0.05, 0.1) is 12.0 Å². The minimum Gasteiger partial charge on any atom is -0.465 e. The highest BCUT2D eigenvalue weighted by atomic mass is 16.5. The summed E-state index contributed by atoms with van der Waals surface area (Å²) in [5.74, 6) is 2.32. The Bertz CT molecular complexity index is 284. The summed E-state index contributed by atoms with van der Waals surface area (Å²) in [5, 5.41) is 0. The third kappa shape index (κ3) is 6.23. The number of hydrogen-bond donors (Lipinski definition) is 0. The van der Waals surface area contributed by atoms with E-state index >= 15 is 0 Å². The van der Waals surface area contributed by atoms with E-state index in [9.17, 15) is 9.59 Å². The van der Waals surface area contributed by atoms with Gasteiger partial charge < -0.3 is 9.53 Å². The number of carbonyl (C=O) groups excluding carboxylic acids is 2. The fraction of sp³-hybridized carbons (Fsp3) is 0.692. The van der Waals surface area contributed by atoms with E-state index in [0.717, 1.165) is 0 Å². The molecule has 90 valence electrons. The molecule has 0 rings (SSSR count). The number of Topliss-reactive ketones (excluding diaryl/α,β-unsaturated/α-hetero) is 1. The van der Waals surface area contributed by atoms with Crippen molar-refractivity contribution in [2.24, 2.45) is 5.41 Å². The lowest BCUT2D eigenvalue weighted by Gasteiger charge is -2.21. The van der Waals surface area contributed by atoms with E-state index in [2.05, 4.69) is 5.92 Å². The largest absolute Gasteiger partial charge is 0.465 e. The van der Waals surface area contributed by atoms with E-state index in [1.165, 1.54) is 6.92 Å². The molecule has 0 saturated carbocycles. The zero-order valence-electron chi connectivity index (χ0n) is 10.3. The molecule has 0 aromatic carbocycles. The molecule has 0 aromatic heterocycles. The molecule has 0 bridgehead atoms. The predicted octanol–water partition coefficient (Wildman–Crippen LogP) is 2.34. The maximum absolute atomic E-state index is 11.7. The summed E-state index contributed by atoms with van der Waals surface area (Å²) in [6.45, 7) is 5.46. The number of ketones is 1. The molecule has 0 aliphatic heterocycles. The van der Waals surface area contributed by atoms with E-state index in [1.54, 1.807) is 13.8 Å². The average molecular weight is 224 g/mol. The minimum absolute atomic E-state index is 0.0909. The van der Waals surface area contributed by atoms with Crippen molar-refractivity contribution in [3.63, 3.8) is 0 Å². The third-order valence-corrected chi connectivity index (χ3v) is 2.35. The quantitative estimate of drug-likeness (QED) is 0.379. The molecule has 0 aromatic rings. The molecule has 0 fully saturated rings. The summed E-state index contributed by atoms with van der Waals surface area (Å²) >= 11 is 0.